The lowest BCUT2D eigenvalue weighted by Gasteiger charge is -2.34. The van der Waals surface area contributed by atoms with Crippen LogP contribution in [0.15, 0.2) is 36.5 Å². The topological polar surface area (TPSA) is 167 Å². The van der Waals surface area contributed by atoms with Gasteiger partial charge < -0.3 is 40.2 Å². The molecule has 0 spiro atoms. The van der Waals surface area contributed by atoms with Crippen molar-refractivity contribution in [3.05, 3.63) is 64.1 Å². The van der Waals surface area contributed by atoms with Gasteiger partial charge in [-0.25, -0.2) is 19.2 Å². The maximum atomic E-state index is 17.3. The number of rotatable bonds is 8. The largest absolute Gasteiger partial charge is 0.489 e. The number of carbonyl (C=O) groups excluding carboxylic acids is 1. The maximum Gasteiger partial charge on any atom is 0.418 e. The number of ether oxygens (including phenoxy) is 4. The maximum absolute atomic E-state index is 17.3. The van der Waals surface area contributed by atoms with Gasteiger partial charge in [0.1, 0.15) is 42.8 Å². The molecule has 3 aromatic heterocycles. The third-order valence-electron chi connectivity index (χ3n) is 11.4. The number of nitrogen functional groups attached to an aromatic ring is 2. The molecule has 4 N–H and O–H groups in total. The molecule has 0 radical (unpaired) electrons. The van der Waals surface area contributed by atoms with E-state index in [-0.39, 0.29) is 72.6 Å². The van der Waals surface area contributed by atoms with E-state index in [2.05, 4.69) is 26.4 Å². The number of fused-ring (bicyclic) bond motifs is 1. The number of benzene rings is 1. The highest BCUT2D eigenvalue weighted by molar-refractivity contribution is 6.36. The number of amides is 1. The van der Waals surface area contributed by atoms with E-state index >= 15 is 4.39 Å². The Morgan fingerprint density at radius 3 is 2.69 bits per heavy atom. The Bertz CT molecular complexity index is 2290. The lowest BCUT2D eigenvalue weighted by molar-refractivity contribution is -0.137. The normalized spacial score (nSPS) is 21.5. The summed E-state index contributed by atoms with van der Waals surface area (Å²) in [6, 6.07) is 3.73. The van der Waals surface area contributed by atoms with Gasteiger partial charge >= 0.3 is 18.3 Å². The molecule has 0 saturated carbocycles. The Morgan fingerprint density at radius 1 is 1.17 bits per heavy atom. The van der Waals surface area contributed by atoms with Crippen LogP contribution >= 0.6 is 11.6 Å². The van der Waals surface area contributed by atoms with Crippen LogP contribution in [-0.4, -0.2) is 107 Å². The van der Waals surface area contributed by atoms with Crippen molar-refractivity contribution in [2.24, 2.45) is 0 Å². The number of halogens is 5. The van der Waals surface area contributed by atoms with Gasteiger partial charge in [0.05, 0.1) is 58.6 Å². The number of nitrogens with zero attached hydrogens (tertiary/aromatic N) is 7. The molecule has 58 heavy (non-hydrogen) atoms. The van der Waals surface area contributed by atoms with Gasteiger partial charge in [-0.15, -0.1) is 0 Å². The molecule has 4 aromatic rings. The van der Waals surface area contributed by atoms with E-state index in [1.807, 2.05) is 11.8 Å². The number of morpholine rings is 1. The SMILES string of the molecule is C=C1CN2C(COC(=O)N3CCOCC3)CCC2(COc2nc3c4c(c(Cl)c(-c5nc(N)cc(C)c5C(F)(F)F)c(F)c4n2)OCCN3C(C)c2cccnc2N)C1. The average Bonchev–Trinajstić information content (AvgIpc) is 3.60. The third kappa shape index (κ3) is 7.04. The molecule has 4 aliphatic rings. The van der Waals surface area contributed by atoms with Crippen molar-refractivity contribution >= 4 is 46.1 Å². The Labute approximate surface area is 336 Å². The number of nitrogens with two attached hydrogens (primary N) is 2. The number of hydrogen-bond acceptors (Lipinski definition) is 13. The zero-order valence-corrected chi connectivity index (χ0v) is 32.6. The molecule has 4 aliphatic heterocycles. The van der Waals surface area contributed by atoms with E-state index < -0.39 is 57.0 Å². The van der Waals surface area contributed by atoms with Gasteiger partial charge in [-0.05, 0) is 50.8 Å². The van der Waals surface area contributed by atoms with Crippen molar-refractivity contribution < 1.29 is 41.3 Å². The highest BCUT2D eigenvalue weighted by Gasteiger charge is 2.52. The molecular formula is C39H42ClF4N9O5. The molecule has 1 amide bonds. The van der Waals surface area contributed by atoms with Gasteiger partial charge in [0.2, 0.25) is 0 Å². The monoisotopic (exact) mass is 827 g/mol. The van der Waals surface area contributed by atoms with Crippen LogP contribution in [0.3, 0.4) is 0 Å². The Morgan fingerprint density at radius 2 is 1.95 bits per heavy atom. The van der Waals surface area contributed by atoms with Gasteiger partial charge in [0.25, 0.3) is 0 Å². The molecule has 8 rings (SSSR count). The molecule has 3 fully saturated rings. The van der Waals surface area contributed by atoms with Gasteiger partial charge in [0.15, 0.2) is 11.6 Å². The number of pyridine rings is 2. The van der Waals surface area contributed by atoms with Crippen molar-refractivity contribution in [2.45, 2.75) is 56.9 Å². The van der Waals surface area contributed by atoms with Gasteiger partial charge in [-0.3, -0.25) is 4.90 Å². The third-order valence-corrected chi connectivity index (χ3v) is 11.8. The molecule has 1 aromatic carbocycles. The Balaban J connectivity index is 1.21. The van der Waals surface area contributed by atoms with Crippen molar-refractivity contribution in [3.63, 3.8) is 0 Å². The molecule has 0 bridgehead atoms. The molecule has 3 saturated heterocycles. The van der Waals surface area contributed by atoms with E-state index in [0.717, 1.165) is 11.6 Å². The molecule has 0 aliphatic carbocycles. The number of aromatic nitrogens is 4. The van der Waals surface area contributed by atoms with Crippen molar-refractivity contribution in [2.75, 3.05) is 75.6 Å². The van der Waals surface area contributed by atoms with E-state index in [9.17, 15) is 18.0 Å². The highest BCUT2D eigenvalue weighted by Crippen LogP contribution is 2.51. The minimum atomic E-state index is -4.95. The van der Waals surface area contributed by atoms with E-state index in [4.69, 9.17) is 47.0 Å². The van der Waals surface area contributed by atoms with Gasteiger partial charge in [-0.1, -0.05) is 29.8 Å². The summed E-state index contributed by atoms with van der Waals surface area (Å²) in [6.45, 7) is 10.1. The molecule has 7 heterocycles. The molecule has 3 unspecified atom stereocenters. The van der Waals surface area contributed by atoms with Crippen LogP contribution < -0.4 is 25.8 Å². The molecule has 308 valence electrons. The van der Waals surface area contributed by atoms with E-state index in [1.54, 1.807) is 23.2 Å². The zero-order chi connectivity index (χ0) is 41.1. The summed E-state index contributed by atoms with van der Waals surface area (Å²) in [6.07, 6.45) is -1.83. The second kappa shape index (κ2) is 15.2. The standard InChI is InChI=1S/C39H42ClF4N9O5/c1-20-16-38(7-6-23(53(38)17-20)18-57-37(54)51-9-12-55-13-10-51)19-58-36-49-32-27-33(56-14-11-52(35(27)50-36)22(3)24-5-4-8-47-34(24)46)29(40)26(30(32)41)31-28(39(42,43)44)21(2)15-25(45)48-31/h4-5,8,15,22-23H,1,6-7,9-14,16-19H2,2-3H3,(H2,45,48)(H2,46,47). The van der Waals surface area contributed by atoms with Crippen LogP contribution in [0.25, 0.3) is 22.2 Å². The van der Waals surface area contributed by atoms with E-state index in [1.165, 1.54) is 6.92 Å². The summed E-state index contributed by atoms with van der Waals surface area (Å²) in [5.74, 6) is -1.17. The molecule has 19 heteroatoms. The fourth-order valence-electron chi connectivity index (χ4n) is 8.72. The average molecular weight is 828 g/mol. The van der Waals surface area contributed by atoms with Crippen molar-refractivity contribution in [3.8, 4) is 23.0 Å². The summed E-state index contributed by atoms with van der Waals surface area (Å²) >= 11 is 6.86. The van der Waals surface area contributed by atoms with Crippen molar-refractivity contribution in [1.82, 2.24) is 29.7 Å². The van der Waals surface area contributed by atoms with Crippen LogP contribution in [0.1, 0.15) is 48.9 Å². The number of hydrogen-bond donors (Lipinski definition) is 2. The first-order chi connectivity index (χ1) is 27.7. The second-order valence-electron chi connectivity index (χ2n) is 15.1. The first-order valence-corrected chi connectivity index (χ1v) is 19.3. The predicted molar refractivity (Wildman–Crippen MR) is 207 cm³/mol. The summed E-state index contributed by atoms with van der Waals surface area (Å²) in [5.41, 5.74) is 9.91. The number of carbonyl (C=O) groups is 1. The second-order valence-corrected chi connectivity index (χ2v) is 15.5. The molecular weight excluding hydrogens is 786 g/mol. The fourth-order valence-corrected chi connectivity index (χ4v) is 9.04. The lowest BCUT2D eigenvalue weighted by Crippen LogP contribution is -2.48. The van der Waals surface area contributed by atoms with Crippen LogP contribution in [0.4, 0.5) is 39.8 Å². The smallest absolute Gasteiger partial charge is 0.418 e. The Kier molecular flexibility index (Phi) is 10.4. The number of anilines is 3. The summed E-state index contributed by atoms with van der Waals surface area (Å²) < 4.78 is 84.8. The number of aryl methyl sites for hydroxylation is 1. The molecule has 14 nitrogen and oxygen atoms in total. The van der Waals surface area contributed by atoms with Crippen molar-refractivity contribution in [1.29, 1.82) is 0 Å². The minimum absolute atomic E-state index is 0.0237. The van der Waals surface area contributed by atoms with E-state index in [0.29, 0.717) is 57.7 Å². The first kappa shape index (κ1) is 39.6. The highest BCUT2D eigenvalue weighted by atomic mass is 35.5. The van der Waals surface area contributed by atoms with Crippen LogP contribution in [0, 0.1) is 12.7 Å². The van der Waals surface area contributed by atoms with Gasteiger partial charge in [0, 0.05) is 37.4 Å². The summed E-state index contributed by atoms with van der Waals surface area (Å²) in [4.78, 5) is 36.0. The summed E-state index contributed by atoms with van der Waals surface area (Å²) in [5, 5.41) is -0.427. The summed E-state index contributed by atoms with van der Waals surface area (Å²) in [7, 11) is 0. The Hall–Kier alpha value is -5.20. The molecule has 3 atom stereocenters. The van der Waals surface area contributed by atoms with Crippen LogP contribution in [0.5, 0.6) is 11.8 Å². The number of alkyl halides is 3. The quantitative estimate of drug-likeness (QED) is 0.149. The zero-order valence-electron chi connectivity index (χ0n) is 31.9. The van der Waals surface area contributed by atoms with Gasteiger partial charge in [-0.2, -0.15) is 23.1 Å². The lowest BCUT2D eigenvalue weighted by atomic mass is 9.94. The fraction of sp³-hybridized carbons (Fsp3) is 0.462. The van der Waals surface area contributed by atoms with Crippen LogP contribution in [0.2, 0.25) is 5.02 Å². The van der Waals surface area contributed by atoms with Crippen LogP contribution in [-0.2, 0) is 15.7 Å². The first-order valence-electron chi connectivity index (χ1n) is 18.9. The predicted octanol–water partition coefficient (Wildman–Crippen LogP) is 6.34. The minimum Gasteiger partial charge on any atom is -0.489 e.